The van der Waals surface area contributed by atoms with Gasteiger partial charge in [-0.2, -0.15) is 0 Å². The normalized spacial score (nSPS) is 29.8. The van der Waals surface area contributed by atoms with Crippen molar-refractivity contribution < 1.29 is 0 Å². The van der Waals surface area contributed by atoms with E-state index in [1.165, 1.54) is 31.2 Å². The minimum absolute atomic E-state index is 0.306. The molecule has 0 aliphatic carbocycles. The molecule has 3 rings (SSSR count). The molecule has 0 saturated carbocycles. The van der Waals surface area contributed by atoms with E-state index >= 15 is 0 Å². The Morgan fingerprint density at radius 1 is 1.14 bits per heavy atom. The van der Waals surface area contributed by atoms with Gasteiger partial charge >= 0.3 is 0 Å². The Morgan fingerprint density at radius 2 is 1.76 bits per heavy atom. The van der Waals surface area contributed by atoms with E-state index in [9.17, 15) is 0 Å². The third-order valence-corrected chi connectivity index (χ3v) is 5.14. The van der Waals surface area contributed by atoms with Crippen LogP contribution in [0.5, 0.6) is 0 Å². The lowest BCUT2D eigenvalue weighted by Gasteiger charge is -2.47. The number of rotatable bonds is 3. The van der Waals surface area contributed by atoms with E-state index in [4.69, 9.17) is 5.73 Å². The van der Waals surface area contributed by atoms with Crippen LogP contribution in [0.1, 0.15) is 52.0 Å². The van der Waals surface area contributed by atoms with Crippen LogP contribution in [0.15, 0.2) is 24.3 Å². The van der Waals surface area contributed by atoms with Gasteiger partial charge in [-0.25, -0.2) is 0 Å². The van der Waals surface area contributed by atoms with Crippen LogP contribution in [0.4, 0.5) is 5.69 Å². The van der Waals surface area contributed by atoms with E-state index in [0.29, 0.717) is 11.6 Å². The number of nitrogens with one attached hydrogen (secondary N) is 1. The average Bonchev–Trinajstić information content (AvgIpc) is 2.70. The van der Waals surface area contributed by atoms with Gasteiger partial charge in [0.25, 0.3) is 0 Å². The number of nitrogen functional groups attached to an aromatic ring is 1. The third-order valence-electron chi connectivity index (χ3n) is 5.14. The quantitative estimate of drug-likeness (QED) is 0.839. The van der Waals surface area contributed by atoms with E-state index in [2.05, 4.69) is 43.1 Å². The molecule has 0 radical (unpaired) electrons. The predicted octanol–water partition coefficient (Wildman–Crippen LogP) is 3.15. The van der Waals surface area contributed by atoms with Crippen molar-refractivity contribution >= 4 is 5.69 Å². The molecular formula is C18H29N3. The summed E-state index contributed by atoms with van der Waals surface area (Å²) in [6.45, 7) is 7.97. The fourth-order valence-electron chi connectivity index (χ4n) is 4.39. The van der Waals surface area contributed by atoms with Gasteiger partial charge < -0.3 is 11.1 Å². The van der Waals surface area contributed by atoms with E-state index in [1.54, 1.807) is 0 Å². The maximum absolute atomic E-state index is 6.03. The Bertz CT molecular complexity index is 477. The molecule has 3 heteroatoms. The zero-order valence-electron chi connectivity index (χ0n) is 13.6. The van der Waals surface area contributed by atoms with Gasteiger partial charge in [0.1, 0.15) is 0 Å². The molecule has 0 aromatic heterocycles. The molecule has 21 heavy (non-hydrogen) atoms. The van der Waals surface area contributed by atoms with E-state index in [0.717, 1.165) is 24.3 Å². The summed E-state index contributed by atoms with van der Waals surface area (Å²) in [5, 5.41) is 3.74. The molecule has 3 N–H and O–H groups in total. The van der Waals surface area contributed by atoms with Crippen molar-refractivity contribution in [3.63, 3.8) is 0 Å². The fourth-order valence-corrected chi connectivity index (χ4v) is 4.39. The van der Waals surface area contributed by atoms with Gasteiger partial charge in [-0.3, -0.25) is 4.90 Å². The summed E-state index contributed by atoms with van der Waals surface area (Å²) >= 11 is 0. The van der Waals surface area contributed by atoms with Gasteiger partial charge in [0.05, 0.1) is 0 Å². The highest BCUT2D eigenvalue weighted by atomic mass is 15.3. The highest BCUT2D eigenvalue weighted by Gasteiger charge is 2.44. The Hall–Kier alpha value is -1.06. The number of piperidine rings is 1. The summed E-state index contributed by atoms with van der Waals surface area (Å²) in [6, 6.07) is 10.3. The first-order valence-corrected chi connectivity index (χ1v) is 8.30. The molecule has 2 saturated heterocycles. The lowest BCUT2D eigenvalue weighted by Crippen LogP contribution is -2.56. The summed E-state index contributed by atoms with van der Waals surface area (Å²) in [5.41, 5.74) is 8.47. The molecule has 0 spiro atoms. The number of nitrogens with two attached hydrogens (primary N) is 1. The van der Waals surface area contributed by atoms with Gasteiger partial charge in [-0.1, -0.05) is 18.2 Å². The molecule has 2 aliphatic heterocycles. The zero-order valence-corrected chi connectivity index (χ0v) is 13.6. The molecule has 1 aromatic carbocycles. The second-order valence-electron chi connectivity index (χ2n) is 7.71. The van der Waals surface area contributed by atoms with Gasteiger partial charge in [-0.15, -0.1) is 0 Å². The molecule has 3 nitrogen and oxygen atoms in total. The Balaban J connectivity index is 1.60. The second-order valence-corrected chi connectivity index (χ2v) is 7.71. The molecule has 2 bridgehead atoms. The van der Waals surface area contributed by atoms with E-state index in [1.807, 2.05) is 12.1 Å². The van der Waals surface area contributed by atoms with Gasteiger partial charge in [0.15, 0.2) is 0 Å². The van der Waals surface area contributed by atoms with Crippen LogP contribution in [-0.2, 0) is 6.54 Å². The molecule has 116 valence electrons. The Labute approximate surface area is 128 Å². The van der Waals surface area contributed by atoms with Crippen molar-refractivity contribution in [1.29, 1.82) is 0 Å². The van der Waals surface area contributed by atoms with Gasteiger partial charge in [-0.05, 0) is 58.1 Å². The largest absolute Gasteiger partial charge is 0.398 e. The molecule has 2 atom stereocenters. The molecule has 0 amide bonds. The standard InChI is InChI=1S/C18H29N3/c1-18(2,3)21-15-8-9-16(21)11-14(10-15)20-12-13-6-4-5-7-17(13)19/h4-7,14-16,20H,8-12,19H2,1-3H3. The third kappa shape index (κ3) is 3.09. The number of hydrogen-bond acceptors (Lipinski definition) is 3. The van der Waals surface area contributed by atoms with Gasteiger partial charge in [0.2, 0.25) is 0 Å². The number of anilines is 1. The first-order valence-electron chi connectivity index (χ1n) is 8.30. The van der Waals surface area contributed by atoms with Gasteiger partial charge in [0, 0.05) is 35.9 Å². The molecule has 2 unspecified atom stereocenters. The topological polar surface area (TPSA) is 41.3 Å². The molecule has 1 aromatic rings. The van der Waals surface area contributed by atoms with Crippen LogP contribution >= 0.6 is 0 Å². The molecule has 2 fully saturated rings. The van der Waals surface area contributed by atoms with Crippen molar-refractivity contribution in [2.45, 2.75) is 76.7 Å². The number of benzene rings is 1. The lowest BCUT2D eigenvalue weighted by molar-refractivity contribution is 0.0309. The maximum Gasteiger partial charge on any atom is 0.0359 e. The van der Waals surface area contributed by atoms with Crippen LogP contribution in [0.2, 0.25) is 0 Å². The summed E-state index contributed by atoms with van der Waals surface area (Å²) in [7, 11) is 0. The number of nitrogens with zero attached hydrogens (tertiary/aromatic N) is 1. The number of hydrogen-bond donors (Lipinski definition) is 2. The maximum atomic E-state index is 6.03. The summed E-state index contributed by atoms with van der Waals surface area (Å²) < 4.78 is 0. The minimum Gasteiger partial charge on any atom is -0.398 e. The van der Waals surface area contributed by atoms with E-state index < -0.39 is 0 Å². The van der Waals surface area contributed by atoms with Crippen LogP contribution < -0.4 is 11.1 Å². The summed E-state index contributed by atoms with van der Waals surface area (Å²) in [4.78, 5) is 2.77. The molecule has 2 aliphatic rings. The predicted molar refractivity (Wildman–Crippen MR) is 89.1 cm³/mol. The lowest BCUT2D eigenvalue weighted by atomic mass is 9.91. The number of fused-ring (bicyclic) bond motifs is 2. The van der Waals surface area contributed by atoms with Crippen molar-refractivity contribution in [3.8, 4) is 0 Å². The Kier molecular flexibility index (Phi) is 3.98. The van der Waals surface area contributed by atoms with Crippen LogP contribution in [0, 0.1) is 0 Å². The molecule has 2 heterocycles. The highest BCUT2D eigenvalue weighted by Crippen LogP contribution is 2.40. The SMILES string of the molecule is CC(C)(C)N1C2CCC1CC(NCc1ccccc1N)C2. The second kappa shape index (κ2) is 5.62. The van der Waals surface area contributed by atoms with Crippen molar-refractivity contribution in [2.24, 2.45) is 0 Å². The van der Waals surface area contributed by atoms with Crippen molar-refractivity contribution in [2.75, 3.05) is 5.73 Å². The van der Waals surface area contributed by atoms with Crippen molar-refractivity contribution in [1.82, 2.24) is 10.2 Å². The Morgan fingerprint density at radius 3 is 2.33 bits per heavy atom. The van der Waals surface area contributed by atoms with Crippen molar-refractivity contribution in [3.05, 3.63) is 29.8 Å². The minimum atomic E-state index is 0.306. The first-order chi connectivity index (χ1) is 9.95. The summed E-state index contributed by atoms with van der Waals surface area (Å²) in [5.74, 6) is 0. The monoisotopic (exact) mass is 287 g/mol. The average molecular weight is 287 g/mol. The first kappa shape index (κ1) is 14.9. The fraction of sp³-hybridized carbons (Fsp3) is 0.667. The zero-order chi connectivity index (χ0) is 15.0. The van der Waals surface area contributed by atoms with E-state index in [-0.39, 0.29) is 0 Å². The number of para-hydroxylation sites is 1. The highest BCUT2D eigenvalue weighted by molar-refractivity contribution is 5.46. The molecular weight excluding hydrogens is 258 g/mol. The van der Waals surface area contributed by atoms with Crippen LogP contribution in [-0.4, -0.2) is 28.6 Å². The summed E-state index contributed by atoms with van der Waals surface area (Å²) in [6.07, 6.45) is 5.29. The van der Waals surface area contributed by atoms with Crippen LogP contribution in [0.3, 0.4) is 0 Å². The van der Waals surface area contributed by atoms with Crippen LogP contribution in [0.25, 0.3) is 0 Å². The smallest absolute Gasteiger partial charge is 0.0359 e.